The van der Waals surface area contributed by atoms with Crippen LogP contribution in [0.15, 0.2) is 0 Å². The van der Waals surface area contributed by atoms with E-state index < -0.39 is 10.5 Å². The average molecular weight is 293 g/mol. The van der Waals surface area contributed by atoms with Gasteiger partial charge in [-0.25, -0.2) is 0 Å². The van der Waals surface area contributed by atoms with Crippen molar-refractivity contribution in [2.75, 3.05) is 13.1 Å². The molecule has 2 amide bonds. The summed E-state index contributed by atoms with van der Waals surface area (Å²) in [6.45, 7) is 5.20. The number of fused-ring (bicyclic) bond motifs is 1. The minimum absolute atomic E-state index is 0.0379. The van der Waals surface area contributed by atoms with Gasteiger partial charge in [-0.1, -0.05) is 30.1 Å². The second-order valence-corrected chi connectivity index (χ2v) is 6.39. The molecule has 0 aromatic heterocycles. The predicted molar refractivity (Wildman–Crippen MR) is 70.3 cm³/mol. The molecule has 18 heavy (non-hydrogen) atoms. The maximum Gasteiger partial charge on any atom is 0.257 e. The second kappa shape index (κ2) is 4.89. The summed E-state index contributed by atoms with van der Waals surface area (Å²) >= 11 is 11.4. The molecule has 0 aromatic carbocycles. The average Bonchev–Trinajstić information content (AvgIpc) is 2.33. The Hall–Kier alpha value is -0.480. The molecule has 2 aliphatic rings. The molecular weight excluding hydrogens is 275 g/mol. The van der Waals surface area contributed by atoms with Crippen LogP contribution in [-0.2, 0) is 9.59 Å². The summed E-state index contributed by atoms with van der Waals surface area (Å²) in [5.41, 5.74) is -0.555. The zero-order valence-electron chi connectivity index (χ0n) is 10.7. The molecule has 102 valence electrons. The zero-order valence-corrected chi connectivity index (χ0v) is 12.2. The fourth-order valence-electron chi connectivity index (χ4n) is 2.98. The third kappa shape index (κ3) is 2.10. The highest BCUT2D eigenvalue weighted by Crippen LogP contribution is 2.38. The molecule has 0 aromatic rings. The summed E-state index contributed by atoms with van der Waals surface area (Å²) < 4.78 is 0. The molecule has 6 heteroatoms. The van der Waals surface area contributed by atoms with Gasteiger partial charge in [0, 0.05) is 19.0 Å². The molecule has 2 fully saturated rings. The minimum Gasteiger partial charge on any atom is -0.319 e. The number of carbonyl (C=O) groups excluding carboxylic acids is 2. The van der Waals surface area contributed by atoms with Gasteiger partial charge in [-0.05, 0) is 26.2 Å². The highest BCUT2D eigenvalue weighted by Gasteiger charge is 2.49. The van der Waals surface area contributed by atoms with Crippen molar-refractivity contribution in [2.45, 2.75) is 43.6 Å². The number of nitrogens with zero attached hydrogens (tertiary/aromatic N) is 2. The molecule has 2 aliphatic heterocycles. The fraction of sp³-hybridized carbons (Fsp3) is 0.833. The Bertz CT molecular complexity index is 375. The minimum atomic E-state index is -1.06. The fourth-order valence-corrected chi connectivity index (χ4v) is 3.21. The van der Waals surface area contributed by atoms with E-state index in [0.717, 1.165) is 19.3 Å². The van der Waals surface area contributed by atoms with Gasteiger partial charge in [-0.2, -0.15) is 0 Å². The molecule has 0 saturated carbocycles. The van der Waals surface area contributed by atoms with E-state index in [1.807, 2.05) is 18.7 Å². The molecular formula is C12H18Cl2N2O2. The number of piperidine rings is 1. The van der Waals surface area contributed by atoms with Gasteiger partial charge in [0.2, 0.25) is 5.91 Å². The van der Waals surface area contributed by atoms with Gasteiger partial charge >= 0.3 is 0 Å². The first kappa shape index (κ1) is 13.9. The van der Waals surface area contributed by atoms with Crippen molar-refractivity contribution in [2.24, 2.45) is 5.92 Å². The molecule has 0 radical (unpaired) electrons. The number of amides is 2. The van der Waals surface area contributed by atoms with Gasteiger partial charge in [-0.3, -0.25) is 9.59 Å². The van der Waals surface area contributed by atoms with Crippen LogP contribution in [0.1, 0.15) is 33.1 Å². The van der Waals surface area contributed by atoms with Gasteiger partial charge in [-0.15, -0.1) is 0 Å². The lowest BCUT2D eigenvalue weighted by Gasteiger charge is -2.55. The van der Waals surface area contributed by atoms with Crippen LogP contribution >= 0.6 is 23.2 Å². The van der Waals surface area contributed by atoms with E-state index in [2.05, 4.69) is 0 Å². The van der Waals surface area contributed by atoms with E-state index >= 15 is 0 Å². The summed E-state index contributed by atoms with van der Waals surface area (Å²) in [4.78, 5) is 26.7. The lowest BCUT2D eigenvalue weighted by molar-refractivity contribution is -0.173. The summed E-state index contributed by atoms with van der Waals surface area (Å²) in [7, 11) is 0. The van der Waals surface area contributed by atoms with Gasteiger partial charge < -0.3 is 9.80 Å². The van der Waals surface area contributed by atoms with Crippen LogP contribution in [0, 0.1) is 5.92 Å². The highest BCUT2D eigenvalue weighted by molar-refractivity contribution is 6.53. The molecule has 0 N–H and O–H groups in total. The van der Waals surface area contributed by atoms with Crippen LogP contribution in [0.4, 0.5) is 0 Å². The normalized spacial score (nSPS) is 32.7. The Kier molecular flexibility index (Phi) is 3.79. The Morgan fingerprint density at radius 3 is 2.72 bits per heavy atom. The largest absolute Gasteiger partial charge is 0.319 e. The molecule has 0 aliphatic carbocycles. The topological polar surface area (TPSA) is 40.6 Å². The maximum absolute atomic E-state index is 12.2. The number of halogens is 2. The first-order valence-electron chi connectivity index (χ1n) is 6.29. The predicted octanol–water partition coefficient (Wildman–Crippen LogP) is 2.00. The standard InChI is InChI=1S/C12H18Cl2N2O2/c1-8-4-5-12(2)15(10(8)17)6-3-7-16(12)11(18)9(13)14/h8-9H,3-7H2,1-2H3. The molecule has 2 atom stereocenters. The van der Waals surface area contributed by atoms with E-state index in [0.29, 0.717) is 13.1 Å². The number of rotatable bonds is 1. The summed E-state index contributed by atoms with van der Waals surface area (Å²) in [6.07, 6.45) is 2.36. The lowest BCUT2D eigenvalue weighted by atomic mass is 9.86. The quantitative estimate of drug-likeness (QED) is 0.694. The zero-order chi connectivity index (χ0) is 13.5. The van der Waals surface area contributed by atoms with Crippen LogP contribution < -0.4 is 0 Å². The Morgan fingerprint density at radius 1 is 1.44 bits per heavy atom. The Balaban J connectivity index is 2.29. The van der Waals surface area contributed by atoms with Crippen LogP contribution in [0.25, 0.3) is 0 Å². The van der Waals surface area contributed by atoms with Gasteiger partial charge in [0.05, 0.1) is 0 Å². The molecule has 2 unspecified atom stereocenters. The smallest absolute Gasteiger partial charge is 0.257 e. The molecule has 0 spiro atoms. The van der Waals surface area contributed by atoms with Crippen LogP contribution in [0.5, 0.6) is 0 Å². The van der Waals surface area contributed by atoms with E-state index in [1.165, 1.54) is 0 Å². The first-order valence-corrected chi connectivity index (χ1v) is 7.16. The Labute approximate surface area is 117 Å². The number of alkyl halides is 2. The molecule has 2 heterocycles. The Morgan fingerprint density at radius 2 is 2.11 bits per heavy atom. The lowest BCUT2D eigenvalue weighted by Crippen LogP contribution is -2.69. The third-order valence-electron chi connectivity index (χ3n) is 4.12. The van der Waals surface area contributed by atoms with Gasteiger partial charge in [0.25, 0.3) is 5.91 Å². The molecule has 2 saturated heterocycles. The second-order valence-electron chi connectivity index (χ2n) is 5.29. The summed E-state index contributed by atoms with van der Waals surface area (Å²) in [5.74, 6) is -0.134. The van der Waals surface area contributed by atoms with E-state index in [9.17, 15) is 9.59 Å². The number of hydrogen-bond acceptors (Lipinski definition) is 2. The monoisotopic (exact) mass is 292 g/mol. The maximum atomic E-state index is 12.2. The van der Waals surface area contributed by atoms with E-state index in [-0.39, 0.29) is 17.7 Å². The van der Waals surface area contributed by atoms with Gasteiger partial charge in [0.15, 0.2) is 4.84 Å². The highest BCUT2D eigenvalue weighted by atomic mass is 35.5. The van der Waals surface area contributed by atoms with Gasteiger partial charge in [0.1, 0.15) is 5.66 Å². The third-order valence-corrected chi connectivity index (χ3v) is 4.49. The van der Waals surface area contributed by atoms with Crippen molar-refractivity contribution in [3.05, 3.63) is 0 Å². The van der Waals surface area contributed by atoms with Crippen LogP contribution in [0.2, 0.25) is 0 Å². The van der Waals surface area contributed by atoms with Crippen molar-refractivity contribution in [3.8, 4) is 0 Å². The SMILES string of the molecule is CC1CCC2(C)N(C(=O)C(Cl)Cl)CCCN2C1=O. The number of hydrogen-bond donors (Lipinski definition) is 0. The van der Waals surface area contributed by atoms with Crippen molar-refractivity contribution in [1.82, 2.24) is 9.80 Å². The first-order chi connectivity index (χ1) is 8.38. The van der Waals surface area contributed by atoms with Crippen molar-refractivity contribution >= 4 is 35.0 Å². The summed E-state index contributed by atoms with van der Waals surface area (Å²) in [5, 5.41) is 0. The van der Waals surface area contributed by atoms with Crippen LogP contribution in [0.3, 0.4) is 0 Å². The van der Waals surface area contributed by atoms with E-state index in [4.69, 9.17) is 23.2 Å². The van der Waals surface area contributed by atoms with Crippen molar-refractivity contribution in [3.63, 3.8) is 0 Å². The molecule has 0 bridgehead atoms. The van der Waals surface area contributed by atoms with E-state index in [1.54, 1.807) is 4.90 Å². The molecule has 4 nitrogen and oxygen atoms in total. The van der Waals surface area contributed by atoms with Crippen molar-refractivity contribution < 1.29 is 9.59 Å². The summed E-state index contributed by atoms with van der Waals surface area (Å²) in [6, 6.07) is 0. The van der Waals surface area contributed by atoms with Crippen LogP contribution in [-0.4, -0.2) is 45.2 Å². The number of carbonyl (C=O) groups is 2. The van der Waals surface area contributed by atoms with Crippen molar-refractivity contribution in [1.29, 1.82) is 0 Å². The molecule has 2 rings (SSSR count).